The van der Waals surface area contributed by atoms with E-state index in [1.54, 1.807) is 24.4 Å². The van der Waals surface area contributed by atoms with E-state index < -0.39 is 34.9 Å². The summed E-state index contributed by atoms with van der Waals surface area (Å²) in [5, 5.41) is 12.2. The lowest BCUT2D eigenvalue weighted by atomic mass is 9.97. The monoisotopic (exact) mass is 515 g/mol. The third-order valence-corrected chi connectivity index (χ3v) is 6.31. The van der Waals surface area contributed by atoms with Gasteiger partial charge in [-0.25, -0.2) is 9.78 Å². The average molecular weight is 515 g/mol. The number of benzene rings is 2. The first-order chi connectivity index (χ1) is 17.6. The van der Waals surface area contributed by atoms with E-state index in [2.05, 4.69) is 10.3 Å². The first kappa shape index (κ1) is 25.9. The second-order valence-corrected chi connectivity index (χ2v) is 8.77. The predicted octanol–water partition coefficient (Wildman–Crippen LogP) is 4.34. The second kappa shape index (κ2) is 10.5. The van der Waals surface area contributed by atoms with Gasteiger partial charge in [0.15, 0.2) is 5.82 Å². The number of ketones is 1. The van der Waals surface area contributed by atoms with Crippen molar-refractivity contribution in [3.63, 3.8) is 0 Å². The summed E-state index contributed by atoms with van der Waals surface area (Å²) in [6.45, 7) is 0.314. The molecule has 1 aliphatic rings. The lowest BCUT2D eigenvalue weighted by Gasteiger charge is -2.25. The summed E-state index contributed by atoms with van der Waals surface area (Å²) < 4.78 is 45.6. The molecule has 4 rings (SSSR count). The Morgan fingerprint density at radius 3 is 2.41 bits per heavy atom. The van der Waals surface area contributed by atoms with Crippen molar-refractivity contribution in [2.75, 3.05) is 6.61 Å². The van der Waals surface area contributed by atoms with Crippen LogP contribution in [0.25, 0.3) is 0 Å². The molecule has 1 aliphatic carbocycles. The van der Waals surface area contributed by atoms with Crippen LogP contribution in [-0.2, 0) is 17.5 Å². The number of carboxylic acid groups (broad SMARTS) is 1. The minimum atomic E-state index is -4.50. The Morgan fingerprint density at radius 1 is 1.05 bits per heavy atom. The molecule has 194 valence electrons. The summed E-state index contributed by atoms with van der Waals surface area (Å²) in [5.74, 6) is -1.66. The first-order valence-electron chi connectivity index (χ1n) is 11.6. The summed E-state index contributed by atoms with van der Waals surface area (Å²) in [5.41, 5.74) is -1.78. The van der Waals surface area contributed by atoms with E-state index in [0.717, 1.165) is 37.1 Å². The molecule has 1 amide bonds. The number of rotatable bonds is 9. The summed E-state index contributed by atoms with van der Waals surface area (Å²) in [6.07, 6.45) is 0.677. The smallest absolute Gasteiger partial charge is 0.416 e. The van der Waals surface area contributed by atoms with E-state index in [0.29, 0.717) is 18.6 Å². The number of hydrogen-bond donors (Lipinski definition) is 2. The molecule has 1 heterocycles. The SMILES string of the molecule is O=C(NC1(C(=O)O)CCCC1)c1cccc(OCCn2ccnc2C(=O)c2ccc(C(F)(F)F)cc2)c1. The van der Waals surface area contributed by atoms with Gasteiger partial charge in [0.2, 0.25) is 5.78 Å². The molecule has 0 atom stereocenters. The van der Waals surface area contributed by atoms with E-state index in [1.807, 2.05) is 0 Å². The minimum absolute atomic E-state index is 0.0482. The highest BCUT2D eigenvalue weighted by Gasteiger charge is 2.42. The second-order valence-electron chi connectivity index (χ2n) is 8.77. The van der Waals surface area contributed by atoms with Gasteiger partial charge in [-0.2, -0.15) is 13.2 Å². The molecular weight excluding hydrogens is 491 g/mol. The third kappa shape index (κ3) is 5.82. The molecule has 2 N–H and O–H groups in total. The number of carbonyl (C=O) groups excluding carboxylic acids is 2. The summed E-state index contributed by atoms with van der Waals surface area (Å²) in [6, 6.07) is 10.2. The molecule has 0 unspecified atom stereocenters. The van der Waals surface area contributed by atoms with Crippen LogP contribution >= 0.6 is 0 Å². The zero-order chi connectivity index (χ0) is 26.6. The number of aromatic nitrogens is 2. The number of nitrogens with zero attached hydrogens (tertiary/aromatic N) is 2. The van der Waals surface area contributed by atoms with Crippen LogP contribution in [0.1, 0.15) is 57.8 Å². The van der Waals surface area contributed by atoms with Crippen molar-refractivity contribution in [1.29, 1.82) is 0 Å². The van der Waals surface area contributed by atoms with Gasteiger partial charge in [0.25, 0.3) is 5.91 Å². The van der Waals surface area contributed by atoms with Gasteiger partial charge in [-0.05, 0) is 43.2 Å². The number of nitrogens with one attached hydrogen (secondary N) is 1. The summed E-state index contributed by atoms with van der Waals surface area (Å²) in [4.78, 5) is 41.2. The molecule has 1 saturated carbocycles. The summed E-state index contributed by atoms with van der Waals surface area (Å²) >= 11 is 0. The Kier molecular flexibility index (Phi) is 7.33. The fourth-order valence-electron chi connectivity index (χ4n) is 4.29. The van der Waals surface area contributed by atoms with Crippen LogP contribution in [0.5, 0.6) is 5.75 Å². The average Bonchev–Trinajstić information content (AvgIpc) is 3.54. The van der Waals surface area contributed by atoms with E-state index in [-0.39, 0.29) is 30.1 Å². The van der Waals surface area contributed by atoms with Gasteiger partial charge in [-0.15, -0.1) is 0 Å². The number of halogens is 3. The van der Waals surface area contributed by atoms with Crippen LogP contribution in [0.2, 0.25) is 0 Å². The molecular formula is C26H24F3N3O5. The van der Waals surface area contributed by atoms with Crippen molar-refractivity contribution in [3.8, 4) is 5.75 Å². The van der Waals surface area contributed by atoms with E-state index in [9.17, 15) is 32.7 Å². The number of hydrogen-bond acceptors (Lipinski definition) is 5. The highest BCUT2D eigenvalue weighted by Crippen LogP contribution is 2.31. The van der Waals surface area contributed by atoms with Crippen LogP contribution < -0.4 is 10.1 Å². The van der Waals surface area contributed by atoms with Gasteiger partial charge in [0.1, 0.15) is 17.9 Å². The maximum Gasteiger partial charge on any atom is 0.416 e. The molecule has 0 bridgehead atoms. The third-order valence-electron chi connectivity index (χ3n) is 6.31. The lowest BCUT2D eigenvalue weighted by Crippen LogP contribution is -2.52. The van der Waals surface area contributed by atoms with Crippen LogP contribution in [0.15, 0.2) is 60.9 Å². The Labute approximate surface area is 210 Å². The van der Waals surface area contributed by atoms with Gasteiger partial charge < -0.3 is 19.7 Å². The van der Waals surface area contributed by atoms with Gasteiger partial charge in [0, 0.05) is 23.5 Å². The number of imidazole rings is 1. The molecule has 1 fully saturated rings. The maximum atomic E-state index is 12.8. The largest absolute Gasteiger partial charge is 0.492 e. The Morgan fingerprint density at radius 2 is 1.76 bits per heavy atom. The van der Waals surface area contributed by atoms with Crippen molar-refractivity contribution >= 4 is 17.7 Å². The number of amides is 1. The van der Waals surface area contributed by atoms with Crippen molar-refractivity contribution in [3.05, 3.63) is 83.4 Å². The van der Waals surface area contributed by atoms with Crippen molar-refractivity contribution in [2.45, 2.75) is 43.9 Å². The zero-order valence-corrected chi connectivity index (χ0v) is 19.6. The lowest BCUT2D eigenvalue weighted by molar-refractivity contribution is -0.144. The quantitative estimate of drug-likeness (QED) is 0.411. The van der Waals surface area contributed by atoms with Crippen molar-refractivity contribution < 1.29 is 37.4 Å². The Balaban J connectivity index is 1.37. The topological polar surface area (TPSA) is 111 Å². The first-order valence-corrected chi connectivity index (χ1v) is 11.6. The molecule has 2 aromatic carbocycles. The minimum Gasteiger partial charge on any atom is -0.492 e. The highest BCUT2D eigenvalue weighted by molar-refractivity contribution is 6.06. The fraction of sp³-hybridized carbons (Fsp3) is 0.308. The number of carboxylic acids is 1. The molecule has 0 radical (unpaired) electrons. The molecule has 11 heteroatoms. The van der Waals surface area contributed by atoms with Gasteiger partial charge in [0.05, 0.1) is 12.1 Å². The maximum absolute atomic E-state index is 12.8. The molecule has 0 spiro atoms. The Bertz CT molecular complexity index is 1300. The van der Waals surface area contributed by atoms with Crippen LogP contribution in [0.4, 0.5) is 13.2 Å². The fourth-order valence-corrected chi connectivity index (χ4v) is 4.29. The van der Waals surface area contributed by atoms with Gasteiger partial charge in [-0.1, -0.05) is 31.0 Å². The number of aliphatic carboxylic acids is 1. The van der Waals surface area contributed by atoms with Crippen molar-refractivity contribution in [2.24, 2.45) is 0 Å². The molecule has 3 aromatic rings. The summed E-state index contributed by atoms with van der Waals surface area (Å²) in [7, 11) is 0. The van der Waals surface area contributed by atoms with E-state index in [4.69, 9.17) is 4.74 Å². The van der Waals surface area contributed by atoms with Crippen LogP contribution in [0, 0.1) is 0 Å². The molecule has 0 aliphatic heterocycles. The molecule has 8 nitrogen and oxygen atoms in total. The predicted molar refractivity (Wildman–Crippen MR) is 125 cm³/mol. The normalized spacial score (nSPS) is 14.8. The molecule has 0 saturated heterocycles. The number of carbonyl (C=O) groups is 3. The standard InChI is InChI=1S/C26H24F3N3O5/c27-26(28,29)19-8-6-17(7-9-19)21(33)22-30-12-13-32(22)14-15-37-20-5-3-4-18(16-20)23(34)31-25(24(35)36)10-1-2-11-25/h3-9,12-13,16H,1-2,10-11,14-15H2,(H,31,34)(H,35,36). The number of alkyl halides is 3. The van der Waals surface area contributed by atoms with Crippen molar-refractivity contribution in [1.82, 2.24) is 14.9 Å². The van der Waals surface area contributed by atoms with Gasteiger partial charge in [-0.3, -0.25) is 9.59 Å². The highest BCUT2D eigenvalue weighted by atomic mass is 19.4. The van der Waals surface area contributed by atoms with E-state index >= 15 is 0 Å². The van der Waals surface area contributed by atoms with E-state index in [1.165, 1.54) is 16.8 Å². The molecule has 37 heavy (non-hydrogen) atoms. The van der Waals surface area contributed by atoms with Gasteiger partial charge >= 0.3 is 12.1 Å². The Hall–Kier alpha value is -4.15. The van der Waals surface area contributed by atoms with Crippen LogP contribution in [-0.4, -0.2) is 44.5 Å². The number of ether oxygens (including phenoxy) is 1. The molecule has 1 aromatic heterocycles. The van der Waals surface area contributed by atoms with Crippen LogP contribution in [0.3, 0.4) is 0 Å². The zero-order valence-electron chi connectivity index (χ0n) is 19.6.